The minimum atomic E-state index is -0.195. The zero-order chi connectivity index (χ0) is 16.5. The van der Waals surface area contributed by atoms with Gasteiger partial charge in [0.2, 0.25) is 5.91 Å². The average molecular weight is 300 g/mol. The van der Waals surface area contributed by atoms with Gasteiger partial charge in [0.15, 0.2) is 0 Å². The van der Waals surface area contributed by atoms with E-state index in [1.54, 1.807) is 0 Å². The number of hydrogen-bond donors (Lipinski definition) is 1. The second kappa shape index (κ2) is 5.79. The topological polar surface area (TPSA) is 34.0 Å². The summed E-state index contributed by atoms with van der Waals surface area (Å²) in [4.78, 5) is 12.4. The van der Waals surface area contributed by atoms with Gasteiger partial charge in [0.1, 0.15) is 0 Å². The number of nitrogens with one attached hydrogen (secondary N) is 1. The Balaban J connectivity index is 2.11. The maximum atomic E-state index is 12.4. The van der Waals surface area contributed by atoms with Crippen LogP contribution in [0.25, 0.3) is 10.9 Å². The molecular formula is C19H28N2O. The summed E-state index contributed by atoms with van der Waals surface area (Å²) in [5.74, 6) is 0.0885. The summed E-state index contributed by atoms with van der Waals surface area (Å²) in [5.41, 5.74) is 2.25. The molecule has 1 heterocycles. The van der Waals surface area contributed by atoms with Crippen LogP contribution in [0.5, 0.6) is 0 Å². The molecule has 0 atom stereocenters. The first-order valence-electron chi connectivity index (χ1n) is 7.91. The van der Waals surface area contributed by atoms with Crippen molar-refractivity contribution in [1.82, 2.24) is 9.88 Å². The van der Waals surface area contributed by atoms with E-state index in [0.29, 0.717) is 6.42 Å². The number of amides is 1. The molecule has 0 aliphatic heterocycles. The lowest BCUT2D eigenvalue weighted by atomic mass is 9.81. The van der Waals surface area contributed by atoms with E-state index in [9.17, 15) is 4.79 Å². The number of hydrogen-bond acceptors (Lipinski definition) is 1. The highest BCUT2D eigenvalue weighted by Gasteiger charge is 2.27. The second-order valence-electron chi connectivity index (χ2n) is 8.13. The second-order valence-corrected chi connectivity index (χ2v) is 8.13. The van der Waals surface area contributed by atoms with Crippen LogP contribution in [0.1, 0.15) is 46.6 Å². The van der Waals surface area contributed by atoms with Crippen molar-refractivity contribution in [1.29, 1.82) is 0 Å². The van der Waals surface area contributed by atoms with Crippen molar-refractivity contribution >= 4 is 16.8 Å². The molecule has 22 heavy (non-hydrogen) atoms. The Kier molecular flexibility index (Phi) is 4.37. The Labute approximate surface area is 133 Å². The molecule has 0 fully saturated rings. The molecule has 0 radical (unpaired) electrons. The molecule has 2 rings (SSSR count). The lowest BCUT2D eigenvalue weighted by Gasteiger charge is -2.33. The summed E-state index contributed by atoms with van der Waals surface area (Å²) >= 11 is 0. The summed E-state index contributed by atoms with van der Waals surface area (Å²) in [7, 11) is 2.02. The number of aromatic nitrogens is 1. The number of benzene rings is 1. The summed E-state index contributed by atoms with van der Waals surface area (Å²) in [6.07, 6.45) is 3.43. The van der Waals surface area contributed by atoms with Crippen LogP contribution >= 0.6 is 0 Å². The molecule has 3 nitrogen and oxygen atoms in total. The normalized spacial score (nSPS) is 12.6. The van der Waals surface area contributed by atoms with E-state index in [1.165, 1.54) is 5.52 Å². The highest BCUT2D eigenvalue weighted by atomic mass is 16.1. The van der Waals surface area contributed by atoms with Crippen LogP contribution in [0.3, 0.4) is 0 Å². The fourth-order valence-corrected chi connectivity index (χ4v) is 3.53. The van der Waals surface area contributed by atoms with E-state index in [0.717, 1.165) is 17.4 Å². The fourth-order valence-electron chi connectivity index (χ4n) is 3.53. The molecule has 1 aromatic carbocycles. The van der Waals surface area contributed by atoms with E-state index < -0.39 is 0 Å². The molecule has 0 saturated carbocycles. The van der Waals surface area contributed by atoms with Gasteiger partial charge in [-0.15, -0.1) is 0 Å². The molecule has 0 aliphatic rings. The highest BCUT2D eigenvalue weighted by Crippen LogP contribution is 2.27. The molecule has 0 spiro atoms. The number of fused-ring (bicyclic) bond motifs is 1. The van der Waals surface area contributed by atoms with Gasteiger partial charge < -0.3 is 9.88 Å². The van der Waals surface area contributed by atoms with Crippen LogP contribution in [0.15, 0.2) is 30.5 Å². The summed E-state index contributed by atoms with van der Waals surface area (Å²) in [5, 5.41) is 4.35. The molecule has 0 saturated heterocycles. The lowest BCUT2D eigenvalue weighted by molar-refractivity contribution is -0.122. The van der Waals surface area contributed by atoms with Crippen molar-refractivity contribution in [3.8, 4) is 0 Å². The SMILES string of the molecule is Cn1cc(CC(=O)NC(C)(C)CC(C)(C)C)c2ccccc21. The first-order valence-corrected chi connectivity index (χ1v) is 7.91. The average Bonchev–Trinajstić information content (AvgIpc) is 2.63. The monoisotopic (exact) mass is 300 g/mol. The first-order chi connectivity index (χ1) is 10.1. The number of aryl methyl sites for hydroxylation is 1. The Bertz CT molecular complexity index is 674. The van der Waals surface area contributed by atoms with E-state index in [4.69, 9.17) is 0 Å². The largest absolute Gasteiger partial charge is 0.351 e. The smallest absolute Gasteiger partial charge is 0.224 e. The van der Waals surface area contributed by atoms with Gasteiger partial charge in [-0.1, -0.05) is 39.0 Å². The van der Waals surface area contributed by atoms with Crippen molar-refractivity contribution in [2.45, 2.75) is 53.0 Å². The van der Waals surface area contributed by atoms with Gasteiger partial charge in [0, 0.05) is 29.7 Å². The third kappa shape index (κ3) is 4.12. The van der Waals surface area contributed by atoms with Crippen LogP contribution in [-0.2, 0) is 18.3 Å². The van der Waals surface area contributed by atoms with Crippen LogP contribution in [0.2, 0.25) is 0 Å². The van der Waals surface area contributed by atoms with Gasteiger partial charge in [-0.2, -0.15) is 0 Å². The van der Waals surface area contributed by atoms with Crippen molar-refractivity contribution < 1.29 is 4.79 Å². The fraction of sp³-hybridized carbons (Fsp3) is 0.526. The third-order valence-electron chi connectivity index (χ3n) is 3.78. The molecule has 0 unspecified atom stereocenters. The maximum absolute atomic E-state index is 12.4. The molecular weight excluding hydrogens is 272 g/mol. The Hall–Kier alpha value is -1.77. The molecule has 2 aromatic rings. The Morgan fingerprint density at radius 2 is 1.77 bits per heavy atom. The maximum Gasteiger partial charge on any atom is 0.224 e. The molecule has 1 amide bonds. The summed E-state index contributed by atoms with van der Waals surface area (Å²) in [6, 6.07) is 8.21. The van der Waals surface area contributed by atoms with Gasteiger partial charge in [-0.25, -0.2) is 0 Å². The van der Waals surface area contributed by atoms with Crippen molar-refractivity contribution in [2.24, 2.45) is 12.5 Å². The number of carbonyl (C=O) groups excluding carboxylic acids is 1. The summed E-state index contributed by atoms with van der Waals surface area (Å²) < 4.78 is 2.08. The van der Waals surface area contributed by atoms with E-state index in [-0.39, 0.29) is 16.9 Å². The minimum Gasteiger partial charge on any atom is -0.351 e. The molecule has 0 bridgehead atoms. The molecule has 1 N–H and O–H groups in total. The van der Waals surface area contributed by atoms with Gasteiger partial charge in [0.25, 0.3) is 0 Å². The van der Waals surface area contributed by atoms with Crippen LogP contribution in [0.4, 0.5) is 0 Å². The highest BCUT2D eigenvalue weighted by molar-refractivity contribution is 5.89. The van der Waals surface area contributed by atoms with E-state index in [2.05, 4.69) is 62.8 Å². The van der Waals surface area contributed by atoms with Crippen molar-refractivity contribution in [2.75, 3.05) is 0 Å². The number of nitrogens with zero attached hydrogens (tertiary/aromatic N) is 1. The molecule has 3 heteroatoms. The zero-order valence-electron chi connectivity index (χ0n) is 14.7. The number of rotatable bonds is 4. The van der Waals surface area contributed by atoms with Gasteiger partial charge in [-0.05, 0) is 37.3 Å². The van der Waals surface area contributed by atoms with Gasteiger partial charge >= 0.3 is 0 Å². The lowest BCUT2D eigenvalue weighted by Crippen LogP contribution is -2.46. The number of carbonyl (C=O) groups is 1. The van der Waals surface area contributed by atoms with E-state index >= 15 is 0 Å². The standard InChI is InChI=1S/C19H28N2O/c1-18(2,3)13-19(4,5)20-17(22)11-14-12-21(6)16-10-8-7-9-15(14)16/h7-10,12H,11,13H2,1-6H3,(H,20,22). The minimum absolute atomic E-state index is 0.0885. The van der Waals surface area contributed by atoms with Gasteiger partial charge in [0.05, 0.1) is 6.42 Å². The molecule has 0 aliphatic carbocycles. The predicted octanol–water partition coefficient (Wildman–Crippen LogP) is 4.05. The van der Waals surface area contributed by atoms with Gasteiger partial charge in [-0.3, -0.25) is 4.79 Å². The number of para-hydroxylation sites is 1. The zero-order valence-corrected chi connectivity index (χ0v) is 14.7. The quantitative estimate of drug-likeness (QED) is 0.908. The molecule has 120 valence electrons. The Morgan fingerprint density at radius 1 is 1.14 bits per heavy atom. The van der Waals surface area contributed by atoms with Crippen LogP contribution in [-0.4, -0.2) is 16.0 Å². The van der Waals surface area contributed by atoms with Crippen molar-refractivity contribution in [3.63, 3.8) is 0 Å². The Morgan fingerprint density at radius 3 is 2.41 bits per heavy atom. The van der Waals surface area contributed by atoms with Crippen molar-refractivity contribution in [3.05, 3.63) is 36.0 Å². The summed E-state index contributed by atoms with van der Waals surface area (Å²) in [6.45, 7) is 10.8. The van der Waals surface area contributed by atoms with Crippen LogP contribution < -0.4 is 5.32 Å². The predicted molar refractivity (Wildman–Crippen MR) is 92.9 cm³/mol. The molecule has 1 aromatic heterocycles. The third-order valence-corrected chi connectivity index (χ3v) is 3.78. The van der Waals surface area contributed by atoms with Crippen LogP contribution in [0, 0.1) is 5.41 Å². The first kappa shape index (κ1) is 16.6. The van der Waals surface area contributed by atoms with E-state index in [1.807, 2.05) is 19.2 Å².